The van der Waals surface area contributed by atoms with Crippen molar-refractivity contribution in [3.05, 3.63) is 0 Å². The van der Waals surface area contributed by atoms with E-state index in [4.69, 9.17) is 9.79 Å². The molecule has 10 heavy (non-hydrogen) atoms. The largest absolute Gasteiger partial charge is 0.469 e. The predicted octanol–water partition coefficient (Wildman–Crippen LogP) is 1.04. The first-order chi connectivity index (χ1) is 4.58. The topological polar surface area (TPSA) is 66.8 Å². The van der Waals surface area contributed by atoms with Crippen LogP contribution in [0.2, 0.25) is 0 Å². The zero-order chi connectivity index (χ0) is 7.61. The summed E-state index contributed by atoms with van der Waals surface area (Å²) in [5, 5.41) is 0. The number of phosphoric acid groups is 1. The van der Waals surface area contributed by atoms with Gasteiger partial charge in [0.1, 0.15) is 0 Å². The minimum Gasteiger partial charge on any atom is -0.303 e. The van der Waals surface area contributed by atoms with Crippen LogP contribution < -0.4 is 0 Å². The zero-order valence-corrected chi connectivity index (χ0v) is 6.46. The van der Waals surface area contributed by atoms with Crippen molar-refractivity contribution in [1.29, 1.82) is 0 Å². The Kier molecular flexibility index (Phi) is 2.47. The van der Waals surface area contributed by atoms with E-state index in [9.17, 15) is 4.57 Å². The van der Waals surface area contributed by atoms with E-state index in [0.717, 1.165) is 25.7 Å². The molecule has 0 heterocycles. The summed E-state index contributed by atoms with van der Waals surface area (Å²) in [7, 11) is -4.21. The van der Waals surface area contributed by atoms with Gasteiger partial charge in [-0.15, -0.1) is 0 Å². The molecule has 5 heteroatoms. The van der Waals surface area contributed by atoms with Crippen LogP contribution in [0.1, 0.15) is 25.7 Å². The minimum absolute atomic E-state index is 0.208. The van der Waals surface area contributed by atoms with E-state index in [2.05, 4.69) is 4.52 Å². The Morgan fingerprint density at radius 2 is 1.80 bits per heavy atom. The van der Waals surface area contributed by atoms with Gasteiger partial charge in [0.15, 0.2) is 0 Å². The SMILES string of the molecule is O=P(O)(O)OC1CCCC1. The fraction of sp³-hybridized carbons (Fsp3) is 1.00. The molecule has 1 fully saturated rings. The van der Waals surface area contributed by atoms with Gasteiger partial charge in [0.25, 0.3) is 0 Å². The molecule has 1 saturated carbocycles. The minimum atomic E-state index is -4.21. The van der Waals surface area contributed by atoms with Crippen LogP contribution >= 0.6 is 7.82 Å². The third-order valence-corrected chi connectivity index (χ3v) is 2.16. The maximum Gasteiger partial charge on any atom is 0.469 e. The quantitative estimate of drug-likeness (QED) is 0.601. The molecular weight excluding hydrogens is 155 g/mol. The van der Waals surface area contributed by atoms with Crippen LogP contribution in [0, 0.1) is 0 Å². The summed E-state index contributed by atoms with van der Waals surface area (Å²) >= 11 is 0. The second-order valence-electron chi connectivity index (χ2n) is 2.50. The van der Waals surface area contributed by atoms with Crippen molar-refractivity contribution in [2.24, 2.45) is 0 Å². The average Bonchev–Trinajstić information content (AvgIpc) is 2.12. The molecule has 0 aromatic rings. The predicted molar refractivity (Wildman–Crippen MR) is 35.4 cm³/mol. The molecule has 0 bridgehead atoms. The van der Waals surface area contributed by atoms with Gasteiger partial charge in [-0.2, -0.15) is 0 Å². The lowest BCUT2D eigenvalue weighted by atomic mass is 10.3. The Hall–Kier alpha value is 0.110. The van der Waals surface area contributed by atoms with Crippen LogP contribution in [0.4, 0.5) is 0 Å². The Bertz CT molecular complexity index is 146. The summed E-state index contributed by atoms with van der Waals surface area (Å²) in [6.45, 7) is 0. The molecule has 0 atom stereocenters. The number of phosphoric ester groups is 1. The maximum absolute atomic E-state index is 10.3. The number of hydrogen-bond donors (Lipinski definition) is 2. The monoisotopic (exact) mass is 166 g/mol. The van der Waals surface area contributed by atoms with Gasteiger partial charge in [0.05, 0.1) is 6.10 Å². The molecule has 60 valence electrons. The fourth-order valence-corrected chi connectivity index (χ4v) is 1.79. The first kappa shape index (κ1) is 8.21. The molecular formula is C5H11O4P. The van der Waals surface area contributed by atoms with Gasteiger partial charge < -0.3 is 9.79 Å². The Morgan fingerprint density at radius 1 is 1.30 bits per heavy atom. The molecule has 0 aromatic carbocycles. The van der Waals surface area contributed by atoms with Crippen LogP contribution in [0.25, 0.3) is 0 Å². The molecule has 1 aliphatic rings. The summed E-state index contributed by atoms with van der Waals surface area (Å²) in [6, 6.07) is 0. The molecule has 0 aromatic heterocycles. The van der Waals surface area contributed by atoms with Crippen LogP contribution in [-0.4, -0.2) is 15.9 Å². The van der Waals surface area contributed by atoms with Gasteiger partial charge in [0.2, 0.25) is 0 Å². The van der Waals surface area contributed by atoms with Crippen LogP contribution in [0.3, 0.4) is 0 Å². The smallest absolute Gasteiger partial charge is 0.303 e. The molecule has 0 spiro atoms. The molecule has 0 radical (unpaired) electrons. The van der Waals surface area contributed by atoms with E-state index in [1.807, 2.05) is 0 Å². The van der Waals surface area contributed by atoms with Crippen molar-refractivity contribution in [2.45, 2.75) is 31.8 Å². The maximum atomic E-state index is 10.3. The van der Waals surface area contributed by atoms with Crippen LogP contribution in [-0.2, 0) is 9.09 Å². The van der Waals surface area contributed by atoms with Crippen molar-refractivity contribution in [3.63, 3.8) is 0 Å². The van der Waals surface area contributed by atoms with Gasteiger partial charge in [-0.05, 0) is 12.8 Å². The van der Waals surface area contributed by atoms with E-state index in [0.29, 0.717) is 0 Å². The average molecular weight is 166 g/mol. The Labute approximate surface area is 59.4 Å². The van der Waals surface area contributed by atoms with E-state index in [-0.39, 0.29) is 6.10 Å². The first-order valence-electron chi connectivity index (χ1n) is 3.32. The molecule has 1 rings (SSSR count). The summed E-state index contributed by atoms with van der Waals surface area (Å²) in [4.78, 5) is 16.7. The van der Waals surface area contributed by atoms with E-state index in [1.165, 1.54) is 0 Å². The lowest BCUT2D eigenvalue weighted by Gasteiger charge is -2.10. The third kappa shape index (κ3) is 2.80. The normalized spacial score (nSPS) is 21.8. The van der Waals surface area contributed by atoms with Crippen molar-refractivity contribution >= 4 is 7.82 Å². The second-order valence-corrected chi connectivity index (χ2v) is 3.69. The highest BCUT2D eigenvalue weighted by molar-refractivity contribution is 7.46. The van der Waals surface area contributed by atoms with Gasteiger partial charge in [0, 0.05) is 0 Å². The Morgan fingerprint density at radius 3 is 2.20 bits per heavy atom. The molecule has 2 N–H and O–H groups in total. The van der Waals surface area contributed by atoms with Crippen LogP contribution in [0.5, 0.6) is 0 Å². The molecule has 0 aliphatic heterocycles. The summed E-state index contributed by atoms with van der Waals surface area (Å²) < 4.78 is 14.7. The van der Waals surface area contributed by atoms with E-state index >= 15 is 0 Å². The summed E-state index contributed by atoms with van der Waals surface area (Å²) in [5.74, 6) is 0. The second kappa shape index (κ2) is 3.01. The number of hydrogen-bond acceptors (Lipinski definition) is 2. The Balaban J connectivity index is 2.31. The van der Waals surface area contributed by atoms with E-state index in [1.54, 1.807) is 0 Å². The van der Waals surface area contributed by atoms with Gasteiger partial charge >= 0.3 is 7.82 Å². The highest BCUT2D eigenvalue weighted by Gasteiger charge is 2.24. The standard InChI is InChI=1S/C5H11O4P/c6-10(7,8)9-5-3-1-2-4-5/h5H,1-4H2,(H2,6,7,8). The van der Waals surface area contributed by atoms with Gasteiger partial charge in [-0.1, -0.05) is 12.8 Å². The third-order valence-electron chi connectivity index (χ3n) is 1.59. The molecule has 0 amide bonds. The number of rotatable bonds is 2. The van der Waals surface area contributed by atoms with Crippen molar-refractivity contribution in [3.8, 4) is 0 Å². The first-order valence-corrected chi connectivity index (χ1v) is 4.85. The lowest BCUT2D eigenvalue weighted by Crippen LogP contribution is -2.04. The summed E-state index contributed by atoms with van der Waals surface area (Å²) in [5.41, 5.74) is 0. The van der Waals surface area contributed by atoms with Crippen molar-refractivity contribution in [1.82, 2.24) is 0 Å². The fourth-order valence-electron chi connectivity index (χ4n) is 1.19. The van der Waals surface area contributed by atoms with Crippen molar-refractivity contribution in [2.75, 3.05) is 0 Å². The highest BCUT2D eigenvalue weighted by atomic mass is 31.2. The van der Waals surface area contributed by atoms with Gasteiger partial charge in [-0.3, -0.25) is 4.52 Å². The molecule has 0 unspecified atom stereocenters. The molecule has 1 aliphatic carbocycles. The van der Waals surface area contributed by atoms with E-state index < -0.39 is 7.82 Å². The highest BCUT2D eigenvalue weighted by Crippen LogP contribution is 2.41. The van der Waals surface area contributed by atoms with Gasteiger partial charge in [-0.25, -0.2) is 4.57 Å². The van der Waals surface area contributed by atoms with Crippen LogP contribution in [0.15, 0.2) is 0 Å². The molecule has 0 saturated heterocycles. The summed E-state index contributed by atoms with van der Waals surface area (Å²) in [6.07, 6.45) is 3.40. The lowest BCUT2D eigenvalue weighted by molar-refractivity contribution is 0.137. The molecule has 4 nitrogen and oxygen atoms in total. The zero-order valence-electron chi connectivity index (χ0n) is 5.56. The van der Waals surface area contributed by atoms with Crippen molar-refractivity contribution < 1.29 is 18.9 Å².